The maximum absolute atomic E-state index is 12.5. The van der Waals surface area contributed by atoms with E-state index in [4.69, 9.17) is 9.47 Å². The molecule has 47 heavy (non-hydrogen) atoms. The van der Waals surface area contributed by atoms with Crippen molar-refractivity contribution in [3.63, 3.8) is 0 Å². The number of carboxylic acids is 1. The number of para-hydroxylation sites is 1. The van der Waals surface area contributed by atoms with Crippen molar-refractivity contribution >= 4 is 34.2 Å². The Kier molecular flexibility index (Phi) is 11.9. The first kappa shape index (κ1) is 33.5. The average Bonchev–Trinajstić information content (AvgIpc) is 3.06. The SMILES string of the molecule is CCCCCCCC(=O)NC1CCC(Oc2ccc3cc(Oc4ccc(CC(=O)Nc5ccccc5C(=O)O)cc4)ccc3c2)CC1. The van der Waals surface area contributed by atoms with Crippen molar-refractivity contribution in [2.24, 2.45) is 0 Å². The van der Waals surface area contributed by atoms with Gasteiger partial charge < -0.3 is 25.2 Å². The van der Waals surface area contributed by atoms with Crippen LogP contribution in [0.5, 0.6) is 17.2 Å². The summed E-state index contributed by atoms with van der Waals surface area (Å²) in [7, 11) is 0. The summed E-state index contributed by atoms with van der Waals surface area (Å²) in [6.45, 7) is 2.20. The van der Waals surface area contributed by atoms with Crippen LogP contribution >= 0.6 is 0 Å². The van der Waals surface area contributed by atoms with Gasteiger partial charge in [0.05, 0.1) is 23.8 Å². The highest BCUT2D eigenvalue weighted by atomic mass is 16.5. The molecule has 2 amide bonds. The molecule has 0 spiro atoms. The van der Waals surface area contributed by atoms with Gasteiger partial charge >= 0.3 is 5.97 Å². The van der Waals surface area contributed by atoms with Crippen molar-refractivity contribution in [2.75, 3.05) is 5.32 Å². The van der Waals surface area contributed by atoms with Crippen molar-refractivity contribution in [3.8, 4) is 17.2 Å². The van der Waals surface area contributed by atoms with E-state index in [-0.39, 0.29) is 41.6 Å². The van der Waals surface area contributed by atoms with Crippen LogP contribution in [0.3, 0.4) is 0 Å². The van der Waals surface area contributed by atoms with Crippen molar-refractivity contribution < 1.29 is 29.0 Å². The molecule has 0 bridgehead atoms. The molecule has 4 aromatic rings. The van der Waals surface area contributed by atoms with Gasteiger partial charge in [0.15, 0.2) is 0 Å². The molecule has 0 heterocycles. The van der Waals surface area contributed by atoms with Crippen LogP contribution in [0, 0.1) is 0 Å². The number of carbonyl (C=O) groups is 3. The highest BCUT2D eigenvalue weighted by Crippen LogP contribution is 2.30. The topological polar surface area (TPSA) is 114 Å². The van der Waals surface area contributed by atoms with Gasteiger partial charge in [0, 0.05) is 12.5 Å². The monoisotopic (exact) mass is 636 g/mol. The number of amides is 2. The third kappa shape index (κ3) is 10.1. The highest BCUT2D eigenvalue weighted by molar-refractivity contribution is 6.01. The second-order valence-electron chi connectivity index (χ2n) is 12.3. The minimum Gasteiger partial charge on any atom is -0.490 e. The first-order valence-corrected chi connectivity index (χ1v) is 16.7. The summed E-state index contributed by atoms with van der Waals surface area (Å²) in [4.78, 5) is 36.2. The Morgan fingerprint density at radius 1 is 0.745 bits per heavy atom. The van der Waals surface area contributed by atoms with Crippen LogP contribution in [-0.2, 0) is 16.0 Å². The number of carbonyl (C=O) groups excluding carboxylic acids is 2. The van der Waals surface area contributed by atoms with E-state index in [9.17, 15) is 19.5 Å². The Morgan fingerprint density at radius 3 is 2.13 bits per heavy atom. The molecule has 0 aliphatic heterocycles. The molecular formula is C39H44N2O6. The molecule has 1 saturated carbocycles. The predicted molar refractivity (Wildman–Crippen MR) is 184 cm³/mol. The van der Waals surface area contributed by atoms with Crippen LogP contribution in [0.15, 0.2) is 84.9 Å². The smallest absolute Gasteiger partial charge is 0.337 e. The van der Waals surface area contributed by atoms with Gasteiger partial charge in [-0.25, -0.2) is 4.79 Å². The van der Waals surface area contributed by atoms with Gasteiger partial charge in [-0.15, -0.1) is 0 Å². The molecular weight excluding hydrogens is 592 g/mol. The molecule has 0 unspecified atom stereocenters. The van der Waals surface area contributed by atoms with Crippen LogP contribution in [0.25, 0.3) is 10.8 Å². The summed E-state index contributed by atoms with van der Waals surface area (Å²) in [5, 5.41) is 17.3. The number of hydrogen-bond acceptors (Lipinski definition) is 5. The number of benzene rings is 4. The fourth-order valence-electron chi connectivity index (χ4n) is 6.01. The normalized spacial score (nSPS) is 15.9. The minimum atomic E-state index is -1.09. The Bertz CT molecular complexity index is 1660. The summed E-state index contributed by atoms with van der Waals surface area (Å²) in [6.07, 6.45) is 10.4. The van der Waals surface area contributed by atoms with Crippen LogP contribution in [0.4, 0.5) is 5.69 Å². The summed E-state index contributed by atoms with van der Waals surface area (Å²) < 4.78 is 12.4. The highest BCUT2D eigenvalue weighted by Gasteiger charge is 2.23. The third-order valence-electron chi connectivity index (χ3n) is 8.59. The fourth-order valence-corrected chi connectivity index (χ4v) is 6.01. The predicted octanol–water partition coefficient (Wildman–Crippen LogP) is 8.68. The van der Waals surface area contributed by atoms with Crippen LogP contribution in [0.2, 0.25) is 0 Å². The number of unbranched alkanes of at least 4 members (excludes halogenated alkanes) is 4. The molecule has 0 radical (unpaired) electrons. The van der Waals surface area contributed by atoms with E-state index in [1.807, 2.05) is 54.6 Å². The molecule has 1 aliphatic carbocycles. The molecule has 8 nitrogen and oxygen atoms in total. The molecule has 0 saturated heterocycles. The second kappa shape index (κ2) is 16.6. The largest absolute Gasteiger partial charge is 0.490 e. The summed E-state index contributed by atoms with van der Waals surface area (Å²) in [5.74, 6) is 0.974. The minimum absolute atomic E-state index is 0.0488. The number of fused-ring (bicyclic) bond motifs is 1. The number of aromatic carboxylic acids is 1. The first-order chi connectivity index (χ1) is 22.9. The number of anilines is 1. The fraction of sp³-hybridized carbons (Fsp3) is 0.359. The zero-order valence-electron chi connectivity index (χ0n) is 27.0. The number of nitrogens with one attached hydrogen (secondary N) is 2. The summed E-state index contributed by atoms with van der Waals surface area (Å²) in [5.41, 5.74) is 1.10. The maximum Gasteiger partial charge on any atom is 0.337 e. The Hall–Kier alpha value is -4.85. The van der Waals surface area contributed by atoms with E-state index in [0.717, 1.165) is 60.6 Å². The average molecular weight is 637 g/mol. The van der Waals surface area contributed by atoms with Crippen LogP contribution < -0.4 is 20.1 Å². The maximum atomic E-state index is 12.5. The Labute approximate surface area is 276 Å². The van der Waals surface area contributed by atoms with Gasteiger partial charge in [0.1, 0.15) is 17.2 Å². The number of ether oxygens (including phenoxy) is 2. The molecule has 4 aromatic carbocycles. The van der Waals surface area contributed by atoms with Crippen molar-refractivity contribution in [1.82, 2.24) is 5.32 Å². The van der Waals surface area contributed by atoms with Crippen molar-refractivity contribution in [1.29, 1.82) is 0 Å². The molecule has 246 valence electrons. The molecule has 3 N–H and O–H groups in total. The lowest BCUT2D eigenvalue weighted by Gasteiger charge is -2.29. The lowest BCUT2D eigenvalue weighted by Crippen LogP contribution is -2.39. The van der Waals surface area contributed by atoms with Gasteiger partial charge in [-0.1, -0.05) is 69.0 Å². The third-order valence-corrected chi connectivity index (χ3v) is 8.59. The first-order valence-electron chi connectivity index (χ1n) is 16.7. The Balaban J connectivity index is 1.07. The molecule has 1 aliphatic rings. The Morgan fingerprint density at radius 2 is 1.40 bits per heavy atom. The van der Waals surface area contributed by atoms with E-state index in [2.05, 4.69) is 23.6 Å². The quantitative estimate of drug-likeness (QED) is 0.113. The zero-order valence-corrected chi connectivity index (χ0v) is 27.0. The number of hydrogen-bond donors (Lipinski definition) is 3. The van der Waals surface area contributed by atoms with E-state index in [1.165, 1.54) is 25.3 Å². The summed E-state index contributed by atoms with van der Waals surface area (Å²) in [6, 6.07) is 25.8. The second-order valence-corrected chi connectivity index (χ2v) is 12.3. The van der Waals surface area contributed by atoms with Crippen LogP contribution in [0.1, 0.15) is 87.1 Å². The number of carboxylic acid groups (broad SMARTS) is 1. The van der Waals surface area contributed by atoms with E-state index < -0.39 is 5.97 Å². The lowest BCUT2D eigenvalue weighted by molar-refractivity contribution is -0.122. The van der Waals surface area contributed by atoms with Crippen LogP contribution in [-0.4, -0.2) is 35.0 Å². The van der Waals surface area contributed by atoms with E-state index >= 15 is 0 Å². The molecule has 1 fully saturated rings. The number of rotatable bonds is 15. The van der Waals surface area contributed by atoms with Gasteiger partial charge in [-0.2, -0.15) is 0 Å². The van der Waals surface area contributed by atoms with Gasteiger partial charge in [0.2, 0.25) is 11.8 Å². The van der Waals surface area contributed by atoms with Gasteiger partial charge in [-0.05, 0) is 97.0 Å². The van der Waals surface area contributed by atoms with Gasteiger partial charge in [-0.3, -0.25) is 9.59 Å². The molecule has 8 heteroatoms. The van der Waals surface area contributed by atoms with Gasteiger partial charge in [0.25, 0.3) is 0 Å². The molecule has 5 rings (SSSR count). The van der Waals surface area contributed by atoms with E-state index in [1.54, 1.807) is 18.2 Å². The standard InChI is InChI=1S/C39H44N2O6/c1-2-3-4-5-6-11-37(42)40-30-16-22-32(23-17-30)47-34-21-15-28-25-33(20-14-29(28)26-34)46-31-18-12-27(13-19-31)24-38(43)41-36-10-8-7-9-35(36)39(44)45/h7-10,12-15,18-21,25-26,30,32H,2-6,11,16-17,22-24H2,1H3,(H,40,42)(H,41,43)(H,44,45). The molecule has 0 aromatic heterocycles. The van der Waals surface area contributed by atoms with Crippen molar-refractivity contribution in [2.45, 2.75) is 89.7 Å². The van der Waals surface area contributed by atoms with Crippen molar-refractivity contribution in [3.05, 3.63) is 96.1 Å². The summed E-state index contributed by atoms with van der Waals surface area (Å²) >= 11 is 0. The lowest BCUT2D eigenvalue weighted by atomic mass is 9.92. The zero-order chi connectivity index (χ0) is 33.0. The van der Waals surface area contributed by atoms with E-state index in [0.29, 0.717) is 17.9 Å². The molecule has 0 atom stereocenters.